The average Bonchev–Trinajstić information content (AvgIpc) is 2.34. The molecule has 94 valence electrons. The molecule has 1 amide bonds. The van der Waals surface area contributed by atoms with Gasteiger partial charge in [0.15, 0.2) is 0 Å². The van der Waals surface area contributed by atoms with Gasteiger partial charge in [-0.05, 0) is 40.9 Å². The Kier molecular flexibility index (Phi) is 6.73. The number of hydrogen-bond donors (Lipinski definition) is 0. The topological polar surface area (TPSA) is 33.2 Å². The minimum Gasteiger partial charge on any atom is -0.340 e. The molecule has 0 unspecified atom stereocenters. The van der Waals surface area contributed by atoms with Crippen molar-refractivity contribution in [1.29, 1.82) is 0 Å². The van der Waals surface area contributed by atoms with Crippen molar-refractivity contribution < 1.29 is 4.79 Å². The van der Waals surface area contributed by atoms with Crippen LogP contribution in [-0.2, 0) is 0 Å². The number of carbonyl (C=O) groups excluding carboxylic acids is 1. The van der Waals surface area contributed by atoms with Crippen LogP contribution in [-0.4, -0.2) is 34.7 Å². The molecule has 0 bridgehead atoms. The third-order valence-corrected chi connectivity index (χ3v) is 3.45. The first kappa shape index (κ1) is 14.6. The smallest absolute Gasteiger partial charge is 0.272 e. The molecule has 17 heavy (non-hydrogen) atoms. The van der Waals surface area contributed by atoms with Crippen molar-refractivity contribution in [3.63, 3.8) is 0 Å². The van der Waals surface area contributed by atoms with E-state index in [9.17, 15) is 4.79 Å². The van der Waals surface area contributed by atoms with Crippen molar-refractivity contribution in [1.82, 2.24) is 9.88 Å². The second-order valence-electron chi connectivity index (χ2n) is 3.84. The largest absolute Gasteiger partial charge is 0.340 e. The van der Waals surface area contributed by atoms with E-state index in [2.05, 4.69) is 36.8 Å². The maximum absolute atomic E-state index is 12.0. The van der Waals surface area contributed by atoms with E-state index >= 15 is 0 Å². The van der Waals surface area contributed by atoms with Crippen molar-refractivity contribution in [2.24, 2.45) is 0 Å². The number of hydrogen-bond acceptors (Lipinski definition) is 2. The highest BCUT2D eigenvalue weighted by molar-refractivity contribution is 9.10. The third-order valence-electron chi connectivity index (χ3n) is 2.42. The van der Waals surface area contributed by atoms with E-state index in [1.165, 1.54) is 0 Å². The van der Waals surface area contributed by atoms with Gasteiger partial charge in [0.2, 0.25) is 0 Å². The lowest BCUT2D eigenvalue weighted by Gasteiger charge is -2.16. The first-order chi connectivity index (χ1) is 8.15. The lowest BCUT2D eigenvalue weighted by Crippen LogP contribution is -2.28. The van der Waals surface area contributed by atoms with Crippen molar-refractivity contribution in [2.75, 3.05) is 18.9 Å². The van der Waals surface area contributed by atoms with Gasteiger partial charge < -0.3 is 4.90 Å². The van der Waals surface area contributed by atoms with Gasteiger partial charge >= 0.3 is 0 Å². The van der Waals surface area contributed by atoms with Crippen LogP contribution < -0.4 is 0 Å². The van der Waals surface area contributed by atoms with Crippen LogP contribution in [0, 0.1) is 0 Å². The Morgan fingerprint density at radius 2 is 2.12 bits per heavy atom. The lowest BCUT2D eigenvalue weighted by molar-refractivity contribution is 0.0787. The highest BCUT2D eigenvalue weighted by Gasteiger charge is 2.11. The minimum absolute atomic E-state index is 0.0173. The molecule has 0 spiro atoms. The summed E-state index contributed by atoms with van der Waals surface area (Å²) in [5.41, 5.74) is 0.496. The summed E-state index contributed by atoms with van der Waals surface area (Å²) in [6, 6.07) is 3.57. The molecule has 0 radical (unpaired) electrons. The summed E-state index contributed by atoms with van der Waals surface area (Å²) < 4.78 is 0.883. The van der Waals surface area contributed by atoms with E-state index in [1.54, 1.807) is 17.2 Å². The zero-order chi connectivity index (χ0) is 12.7. The fraction of sp³-hybridized carbons (Fsp3) is 0.500. The quantitative estimate of drug-likeness (QED) is 0.572. The van der Waals surface area contributed by atoms with Gasteiger partial charge in [0.1, 0.15) is 5.69 Å². The number of aromatic nitrogens is 1. The van der Waals surface area contributed by atoms with Gasteiger partial charge in [0.25, 0.3) is 5.91 Å². The minimum atomic E-state index is -0.0173. The first-order valence-electron chi connectivity index (χ1n) is 5.58. The number of pyridine rings is 1. The van der Waals surface area contributed by atoms with Gasteiger partial charge in [0, 0.05) is 29.6 Å². The molecule has 0 aliphatic heterocycles. The van der Waals surface area contributed by atoms with Gasteiger partial charge in [-0.2, -0.15) is 0 Å². The van der Waals surface area contributed by atoms with Crippen LogP contribution in [0.4, 0.5) is 0 Å². The molecule has 0 aliphatic carbocycles. The maximum Gasteiger partial charge on any atom is 0.272 e. The third kappa shape index (κ3) is 5.17. The number of halogens is 2. The zero-order valence-corrected chi connectivity index (χ0v) is 13.0. The van der Waals surface area contributed by atoms with Crippen LogP contribution in [0.1, 0.15) is 29.8 Å². The molecule has 1 aromatic heterocycles. The SMILES string of the molecule is CN(CCCCCBr)C(=O)c1ccc(Br)cn1. The first-order valence-corrected chi connectivity index (χ1v) is 7.49. The van der Waals surface area contributed by atoms with Crippen molar-refractivity contribution >= 4 is 37.8 Å². The lowest BCUT2D eigenvalue weighted by atomic mass is 10.2. The molecule has 1 rings (SSSR count). The molecule has 0 atom stereocenters. The van der Waals surface area contributed by atoms with Gasteiger partial charge in [-0.15, -0.1) is 0 Å². The zero-order valence-electron chi connectivity index (χ0n) is 9.83. The summed E-state index contributed by atoms with van der Waals surface area (Å²) in [7, 11) is 1.82. The summed E-state index contributed by atoms with van der Waals surface area (Å²) in [4.78, 5) is 17.8. The van der Waals surface area contributed by atoms with Crippen molar-refractivity contribution in [2.45, 2.75) is 19.3 Å². The van der Waals surface area contributed by atoms with Gasteiger partial charge in [-0.3, -0.25) is 4.79 Å². The molecule has 0 saturated carbocycles. The average molecular weight is 364 g/mol. The Morgan fingerprint density at radius 1 is 1.35 bits per heavy atom. The summed E-state index contributed by atoms with van der Waals surface area (Å²) in [5, 5.41) is 1.03. The number of nitrogens with zero attached hydrogens (tertiary/aromatic N) is 2. The fourth-order valence-electron chi connectivity index (χ4n) is 1.42. The molecular weight excluding hydrogens is 348 g/mol. The van der Waals surface area contributed by atoms with E-state index in [0.29, 0.717) is 5.69 Å². The van der Waals surface area contributed by atoms with Crippen LogP contribution in [0.25, 0.3) is 0 Å². The normalized spacial score (nSPS) is 10.3. The van der Waals surface area contributed by atoms with E-state index < -0.39 is 0 Å². The predicted octanol–water partition coefficient (Wildman–Crippen LogP) is 3.48. The van der Waals surface area contributed by atoms with E-state index in [4.69, 9.17) is 0 Å². The van der Waals surface area contributed by atoms with Crippen molar-refractivity contribution in [3.8, 4) is 0 Å². The van der Waals surface area contributed by atoms with Crippen LogP contribution >= 0.6 is 31.9 Å². The summed E-state index contributed by atoms with van der Waals surface area (Å²) >= 11 is 6.69. The van der Waals surface area contributed by atoms with Gasteiger partial charge in [0.05, 0.1) is 0 Å². The molecule has 0 aromatic carbocycles. The van der Waals surface area contributed by atoms with E-state index in [0.717, 1.165) is 35.6 Å². The predicted molar refractivity (Wildman–Crippen MR) is 76.5 cm³/mol. The highest BCUT2D eigenvalue weighted by atomic mass is 79.9. The van der Waals surface area contributed by atoms with Crippen LogP contribution in [0.15, 0.2) is 22.8 Å². The number of unbranched alkanes of at least 4 members (excludes halogenated alkanes) is 2. The second-order valence-corrected chi connectivity index (χ2v) is 5.55. The molecule has 0 N–H and O–H groups in total. The van der Waals surface area contributed by atoms with E-state index in [1.807, 2.05) is 13.1 Å². The summed E-state index contributed by atoms with van der Waals surface area (Å²) in [6.07, 6.45) is 4.96. The number of alkyl halides is 1. The number of amides is 1. The maximum atomic E-state index is 12.0. The molecule has 3 nitrogen and oxygen atoms in total. The van der Waals surface area contributed by atoms with Crippen molar-refractivity contribution in [3.05, 3.63) is 28.5 Å². The van der Waals surface area contributed by atoms with Gasteiger partial charge in [-0.25, -0.2) is 4.98 Å². The molecule has 0 fully saturated rings. The Bertz CT molecular complexity index is 354. The molecule has 0 aliphatic rings. The molecule has 1 aromatic rings. The monoisotopic (exact) mass is 362 g/mol. The molecular formula is C12H16Br2N2O. The van der Waals surface area contributed by atoms with Crippen LogP contribution in [0.5, 0.6) is 0 Å². The van der Waals surface area contributed by atoms with E-state index in [-0.39, 0.29) is 5.91 Å². The second kappa shape index (κ2) is 7.82. The van der Waals surface area contributed by atoms with Gasteiger partial charge in [-0.1, -0.05) is 22.4 Å². The standard InChI is InChI=1S/C12H16Br2N2O/c1-16(8-4-2-3-7-13)12(17)11-6-5-10(14)9-15-11/h5-6,9H,2-4,7-8H2,1H3. The Hall–Kier alpha value is -0.420. The number of carbonyl (C=O) groups is 1. The summed E-state index contributed by atoms with van der Waals surface area (Å²) in [5.74, 6) is -0.0173. The molecule has 0 saturated heterocycles. The summed E-state index contributed by atoms with van der Waals surface area (Å²) in [6.45, 7) is 0.781. The Morgan fingerprint density at radius 3 is 2.71 bits per heavy atom. The Balaban J connectivity index is 2.43. The molecule has 1 heterocycles. The number of rotatable bonds is 6. The Labute approximate surface area is 119 Å². The fourth-order valence-corrected chi connectivity index (χ4v) is 2.05. The molecule has 5 heteroatoms. The van der Waals surface area contributed by atoms with Crippen LogP contribution in [0.2, 0.25) is 0 Å². The highest BCUT2D eigenvalue weighted by Crippen LogP contribution is 2.09. The van der Waals surface area contributed by atoms with Crippen LogP contribution in [0.3, 0.4) is 0 Å².